The molecule has 17 heavy (non-hydrogen) atoms. The van der Waals surface area contributed by atoms with Gasteiger partial charge in [0.25, 0.3) is 0 Å². The predicted octanol–water partition coefficient (Wildman–Crippen LogP) is 3.32. The topological polar surface area (TPSA) is 33.1 Å². The zero-order valence-electron chi connectivity index (χ0n) is 9.60. The maximum Gasteiger partial charge on any atom is 0.0831 e. The number of rotatable bonds is 3. The van der Waals surface area contributed by atoms with E-state index in [9.17, 15) is 5.11 Å². The van der Waals surface area contributed by atoms with Crippen LogP contribution in [-0.4, -0.2) is 10.1 Å². The minimum atomic E-state index is -0.545. The molecule has 0 saturated heterocycles. The van der Waals surface area contributed by atoms with E-state index < -0.39 is 6.10 Å². The highest BCUT2D eigenvalue weighted by Crippen LogP contribution is 2.22. The van der Waals surface area contributed by atoms with Crippen LogP contribution in [0.3, 0.4) is 0 Å². The molecule has 0 spiro atoms. The molecule has 1 atom stereocenters. The summed E-state index contributed by atoms with van der Waals surface area (Å²) in [4.78, 5) is 4.03. The fraction of sp³-hybridized carbons (Fsp3) is 0.214. The van der Waals surface area contributed by atoms with Crippen molar-refractivity contribution >= 4 is 11.6 Å². The third-order valence-electron chi connectivity index (χ3n) is 2.60. The molecule has 1 unspecified atom stereocenters. The van der Waals surface area contributed by atoms with E-state index in [2.05, 4.69) is 4.98 Å². The van der Waals surface area contributed by atoms with E-state index in [1.54, 1.807) is 18.5 Å². The molecule has 1 heterocycles. The Labute approximate surface area is 106 Å². The van der Waals surface area contributed by atoms with Crippen LogP contribution in [0.15, 0.2) is 42.7 Å². The van der Waals surface area contributed by atoms with Gasteiger partial charge in [0.1, 0.15) is 0 Å². The van der Waals surface area contributed by atoms with Crippen molar-refractivity contribution in [2.45, 2.75) is 19.4 Å². The molecular formula is C14H14ClNO. The summed E-state index contributed by atoms with van der Waals surface area (Å²) in [5.41, 5.74) is 2.91. The Morgan fingerprint density at radius 2 is 2.18 bits per heavy atom. The third-order valence-corrected chi connectivity index (χ3v) is 2.82. The average Bonchev–Trinajstić information content (AvgIpc) is 2.29. The van der Waals surface area contributed by atoms with E-state index in [0.717, 1.165) is 16.7 Å². The van der Waals surface area contributed by atoms with Crippen molar-refractivity contribution in [3.63, 3.8) is 0 Å². The average molecular weight is 248 g/mol. The lowest BCUT2D eigenvalue weighted by Crippen LogP contribution is -2.02. The molecule has 2 aromatic rings. The Morgan fingerprint density at radius 1 is 1.35 bits per heavy atom. The second-order valence-electron chi connectivity index (χ2n) is 4.14. The molecule has 0 aliphatic heterocycles. The molecular weight excluding hydrogens is 234 g/mol. The van der Waals surface area contributed by atoms with Gasteiger partial charge in [-0.05, 0) is 41.8 Å². The normalized spacial score (nSPS) is 12.4. The summed E-state index contributed by atoms with van der Waals surface area (Å²) >= 11 is 5.97. The molecule has 1 aromatic carbocycles. The fourth-order valence-corrected chi connectivity index (χ4v) is 2.12. The number of halogens is 1. The first-order valence-corrected chi connectivity index (χ1v) is 5.87. The number of pyridine rings is 1. The van der Waals surface area contributed by atoms with Crippen molar-refractivity contribution < 1.29 is 5.11 Å². The predicted molar refractivity (Wildman–Crippen MR) is 69.1 cm³/mol. The van der Waals surface area contributed by atoms with E-state index in [1.807, 2.05) is 31.2 Å². The second-order valence-corrected chi connectivity index (χ2v) is 4.58. The van der Waals surface area contributed by atoms with Crippen LogP contribution in [0.2, 0.25) is 5.02 Å². The largest absolute Gasteiger partial charge is 0.388 e. The summed E-state index contributed by atoms with van der Waals surface area (Å²) in [6.45, 7) is 1.96. The minimum absolute atomic E-state index is 0.545. The van der Waals surface area contributed by atoms with Gasteiger partial charge in [-0.3, -0.25) is 4.98 Å². The number of hydrogen-bond acceptors (Lipinski definition) is 2. The summed E-state index contributed by atoms with van der Waals surface area (Å²) in [6.07, 6.45) is 3.49. The van der Waals surface area contributed by atoms with Crippen molar-refractivity contribution in [3.8, 4) is 0 Å². The first kappa shape index (κ1) is 12.1. The number of aryl methyl sites for hydroxylation is 1. The van der Waals surface area contributed by atoms with Gasteiger partial charge in [0.15, 0.2) is 0 Å². The van der Waals surface area contributed by atoms with Crippen LogP contribution >= 0.6 is 11.6 Å². The van der Waals surface area contributed by atoms with E-state index in [-0.39, 0.29) is 0 Å². The third kappa shape index (κ3) is 3.29. The number of nitrogens with zero attached hydrogens (tertiary/aromatic N) is 1. The van der Waals surface area contributed by atoms with Crippen LogP contribution in [0.4, 0.5) is 0 Å². The van der Waals surface area contributed by atoms with E-state index in [4.69, 9.17) is 11.6 Å². The smallest absolute Gasteiger partial charge is 0.0831 e. The molecule has 0 radical (unpaired) electrons. The van der Waals surface area contributed by atoms with Gasteiger partial charge in [-0.15, -0.1) is 0 Å². The number of aliphatic hydroxyl groups excluding tert-OH is 1. The van der Waals surface area contributed by atoms with Crippen LogP contribution in [0.1, 0.15) is 22.8 Å². The lowest BCUT2D eigenvalue weighted by molar-refractivity contribution is 0.178. The van der Waals surface area contributed by atoms with Crippen LogP contribution in [-0.2, 0) is 6.42 Å². The van der Waals surface area contributed by atoms with Crippen LogP contribution in [0, 0.1) is 6.92 Å². The van der Waals surface area contributed by atoms with Crippen LogP contribution < -0.4 is 0 Å². The van der Waals surface area contributed by atoms with Crippen molar-refractivity contribution in [1.82, 2.24) is 4.98 Å². The number of aromatic nitrogens is 1. The minimum Gasteiger partial charge on any atom is -0.388 e. The van der Waals surface area contributed by atoms with Gasteiger partial charge in [-0.1, -0.05) is 23.7 Å². The Kier molecular flexibility index (Phi) is 3.77. The molecule has 2 rings (SSSR count). The van der Waals surface area contributed by atoms with Gasteiger partial charge in [0, 0.05) is 23.8 Å². The molecule has 1 aromatic heterocycles. The summed E-state index contributed by atoms with van der Waals surface area (Å²) in [7, 11) is 0. The van der Waals surface area contributed by atoms with E-state index >= 15 is 0 Å². The van der Waals surface area contributed by atoms with Gasteiger partial charge in [0.05, 0.1) is 6.10 Å². The van der Waals surface area contributed by atoms with Crippen molar-refractivity contribution in [2.75, 3.05) is 0 Å². The summed E-state index contributed by atoms with van der Waals surface area (Å²) in [5.74, 6) is 0. The molecule has 0 fully saturated rings. The lowest BCUT2D eigenvalue weighted by Gasteiger charge is -2.12. The molecule has 0 aliphatic carbocycles. The quantitative estimate of drug-likeness (QED) is 0.903. The van der Waals surface area contributed by atoms with E-state index in [1.165, 1.54) is 0 Å². The van der Waals surface area contributed by atoms with Crippen molar-refractivity contribution in [2.24, 2.45) is 0 Å². The molecule has 0 saturated carbocycles. The van der Waals surface area contributed by atoms with Gasteiger partial charge in [0.2, 0.25) is 0 Å². The maximum absolute atomic E-state index is 10.1. The molecule has 88 valence electrons. The lowest BCUT2D eigenvalue weighted by atomic mass is 10.0. The zero-order valence-corrected chi connectivity index (χ0v) is 10.4. The van der Waals surface area contributed by atoms with Gasteiger partial charge in [-0.25, -0.2) is 0 Å². The number of benzene rings is 1. The Morgan fingerprint density at radius 3 is 2.82 bits per heavy atom. The summed E-state index contributed by atoms with van der Waals surface area (Å²) in [6, 6.07) is 9.45. The SMILES string of the molecule is Cc1cc(Cl)cc(C(O)Cc2cccnc2)c1. The summed E-state index contributed by atoms with van der Waals surface area (Å²) in [5, 5.41) is 10.8. The van der Waals surface area contributed by atoms with Gasteiger partial charge >= 0.3 is 0 Å². The second kappa shape index (κ2) is 5.30. The number of hydrogen-bond donors (Lipinski definition) is 1. The summed E-state index contributed by atoms with van der Waals surface area (Å²) < 4.78 is 0. The molecule has 0 aliphatic rings. The first-order chi connectivity index (χ1) is 8.15. The van der Waals surface area contributed by atoms with Gasteiger partial charge in [-0.2, -0.15) is 0 Å². The highest BCUT2D eigenvalue weighted by atomic mass is 35.5. The number of aliphatic hydroxyl groups is 1. The van der Waals surface area contributed by atoms with Crippen molar-refractivity contribution in [3.05, 3.63) is 64.4 Å². The first-order valence-electron chi connectivity index (χ1n) is 5.49. The standard InChI is InChI=1S/C14H14ClNO/c1-10-5-12(8-13(15)6-10)14(17)7-11-3-2-4-16-9-11/h2-6,8-9,14,17H,7H2,1H3. The van der Waals surface area contributed by atoms with Crippen molar-refractivity contribution in [1.29, 1.82) is 0 Å². The van der Waals surface area contributed by atoms with E-state index in [0.29, 0.717) is 11.4 Å². The fourth-order valence-electron chi connectivity index (χ4n) is 1.82. The Bertz CT molecular complexity index is 479. The maximum atomic E-state index is 10.1. The molecule has 2 nitrogen and oxygen atoms in total. The molecule has 3 heteroatoms. The van der Waals surface area contributed by atoms with Gasteiger partial charge < -0.3 is 5.11 Å². The molecule has 0 bridgehead atoms. The highest BCUT2D eigenvalue weighted by molar-refractivity contribution is 6.30. The van der Waals surface area contributed by atoms with Crippen LogP contribution in [0.25, 0.3) is 0 Å². The molecule has 1 N–H and O–H groups in total. The van der Waals surface area contributed by atoms with Crippen LogP contribution in [0.5, 0.6) is 0 Å². The zero-order chi connectivity index (χ0) is 12.3. The Balaban J connectivity index is 2.17. The Hall–Kier alpha value is -1.38. The monoisotopic (exact) mass is 247 g/mol. The molecule has 0 amide bonds. The highest BCUT2D eigenvalue weighted by Gasteiger charge is 2.09.